The predicted octanol–water partition coefficient (Wildman–Crippen LogP) is 3.14. The van der Waals surface area contributed by atoms with Crippen LogP contribution in [0.5, 0.6) is 0 Å². The summed E-state index contributed by atoms with van der Waals surface area (Å²) in [6.45, 7) is 4.61. The minimum Gasteiger partial charge on any atom is -0.0791 e. The molecule has 0 nitrogen and oxygen atoms in total. The molecule has 0 heteroatoms. The normalized spacial score (nSPS) is 44.2. The lowest BCUT2D eigenvalue weighted by atomic mass is 9.89. The van der Waals surface area contributed by atoms with Gasteiger partial charge in [0.1, 0.15) is 0 Å². The lowest BCUT2D eigenvalue weighted by Gasteiger charge is -2.16. The average Bonchev–Trinajstić information content (AvgIpc) is 2.62. The van der Waals surface area contributed by atoms with Gasteiger partial charge in [-0.2, -0.15) is 0 Å². The topological polar surface area (TPSA) is 0 Å². The molecular formula is C10H16. The molecule has 1 fully saturated rings. The molecule has 2 atom stereocenters. The Hall–Kier alpha value is -0.260. The van der Waals surface area contributed by atoms with Gasteiger partial charge in [0.25, 0.3) is 0 Å². The maximum absolute atomic E-state index is 2.54. The highest BCUT2D eigenvalue weighted by Gasteiger charge is 2.51. The molecule has 2 rings (SSSR count). The van der Waals surface area contributed by atoms with Crippen molar-refractivity contribution in [1.29, 1.82) is 0 Å². The van der Waals surface area contributed by atoms with Gasteiger partial charge in [-0.25, -0.2) is 0 Å². The lowest BCUT2D eigenvalue weighted by molar-refractivity contribution is 0.494. The van der Waals surface area contributed by atoms with Crippen molar-refractivity contribution >= 4 is 0 Å². The molecule has 10 heavy (non-hydrogen) atoms. The highest BCUT2D eigenvalue weighted by atomic mass is 14.6. The summed E-state index contributed by atoms with van der Waals surface area (Å²) in [5, 5.41) is 0. The van der Waals surface area contributed by atoms with Gasteiger partial charge in [-0.05, 0) is 43.9 Å². The molecule has 0 spiro atoms. The van der Waals surface area contributed by atoms with Gasteiger partial charge in [-0.15, -0.1) is 0 Å². The summed E-state index contributed by atoms with van der Waals surface area (Å²) in [6.07, 6.45) is 8.24. The quantitative estimate of drug-likeness (QED) is 0.486. The van der Waals surface area contributed by atoms with Crippen molar-refractivity contribution < 1.29 is 0 Å². The summed E-state index contributed by atoms with van der Waals surface area (Å²) in [7, 11) is 0. The molecule has 1 saturated carbocycles. The molecule has 0 aromatic carbocycles. The van der Waals surface area contributed by atoms with E-state index in [4.69, 9.17) is 0 Å². The van der Waals surface area contributed by atoms with Crippen molar-refractivity contribution in [2.24, 2.45) is 11.3 Å². The summed E-state index contributed by atoms with van der Waals surface area (Å²) < 4.78 is 0. The van der Waals surface area contributed by atoms with Crippen LogP contribution < -0.4 is 0 Å². The summed E-state index contributed by atoms with van der Waals surface area (Å²) in [6, 6.07) is 0. The van der Waals surface area contributed by atoms with Crippen molar-refractivity contribution in [2.75, 3.05) is 0 Å². The fourth-order valence-corrected chi connectivity index (χ4v) is 2.47. The van der Waals surface area contributed by atoms with Gasteiger partial charge < -0.3 is 0 Å². The Morgan fingerprint density at radius 3 is 3.10 bits per heavy atom. The Bertz CT molecular complexity index is 178. The first kappa shape index (κ1) is 6.45. The van der Waals surface area contributed by atoms with Crippen LogP contribution in [0.15, 0.2) is 11.6 Å². The van der Waals surface area contributed by atoms with Crippen molar-refractivity contribution in [3.63, 3.8) is 0 Å². The van der Waals surface area contributed by atoms with Gasteiger partial charge in [0.2, 0.25) is 0 Å². The summed E-state index contributed by atoms with van der Waals surface area (Å²) in [5.41, 5.74) is 2.33. The Morgan fingerprint density at radius 2 is 2.50 bits per heavy atom. The molecule has 0 saturated heterocycles. The minimum absolute atomic E-state index is 0.697. The first-order valence-electron chi connectivity index (χ1n) is 4.45. The van der Waals surface area contributed by atoms with Gasteiger partial charge in [0.15, 0.2) is 0 Å². The third kappa shape index (κ3) is 0.744. The van der Waals surface area contributed by atoms with Crippen LogP contribution in [0.2, 0.25) is 0 Å². The van der Waals surface area contributed by atoms with Crippen molar-refractivity contribution in [1.82, 2.24) is 0 Å². The second kappa shape index (κ2) is 1.87. The van der Waals surface area contributed by atoms with E-state index in [1.54, 1.807) is 5.57 Å². The Labute approximate surface area is 63.3 Å². The summed E-state index contributed by atoms with van der Waals surface area (Å²) in [5.74, 6) is 1.07. The van der Waals surface area contributed by atoms with Crippen LogP contribution in [-0.2, 0) is 0 Å². The average molecular weight is 136 g/mol. The summed E-state index contributed by atoms with van der Waals surface area (Å²) in [4.78, 5) is 0. The third-order valence-corrected chi connectivity index (χ3v) is 3.36. The molecule has 2 aliphatic rings. The van der Waals surface area contributed by atoms with Gasteiger partial charge >= 0.3 is 0 Å². The maximum atomic E-state index is 2.54. The van der Waals surface area contributed by atoms with Crippen molar-refractivity contribution in [2.45, 2.75) is 39.5 Å². The van der Waals surface area contributed by atoms with Crippen LogP contribution in [-0.4, -0.2) is 0 Å². The van der Waals surface area contributed by atoms with E-state index >= 15 is 0 Å². The molecule has 0 bridgehead atoms. The number of hydrogen-bond acceptors (Lipinski definition) is 0. The first-order chi connectivity index (χ1) is 4.77. The molecule has 0 radical (unpaired) electrons. The Kier molecular flexibility index (Phi) is 1.21. The molecular weight excluding hydrogens is 120 g/mol. The zero-order valence-corrected chi connectivity index (χ0v) is 6.98. The third-order valence-electron chi connectivity index (χ3n) is 3.36. The standard InChI is InChI=1S/C10H16/c1-3-10-6-8(2)4-5-9(10)7-10/h6,9H,3-5,7H2,1-2H3. The van der Waals surface area contributed by atoms with Crippen LogP contribution in [0.3, 0.4) is 0 Å². The second-order valence-electron chi connectivity index (χ2n) is 4.02. The van der Waals surface area contributed by atoms with E-state index in [0.717, 1.165) is 5.92 Å². The number of rotatable bonds is 1. The van der Waals surface area contributed by atoms with Crippen LogP contribution in [0.1, 0.15) is 39.5 Å². The van der Waals surface area contributed by atoms with Crippen LogP contribution >= 0.6 is 0 Å². The van der Waals surface area contributed by atoms with Gasteiger partial charge in [0, 0.05) is 0 Å². The van der Waals surface area contributed by atoms with E-state index in [2.05, 4.69) is 19.9 Å². The monoisotopic (exact) mass is 136 g/mol. The maximum Gasteiger partial charge on any atom is -0.00867 e. The Morgan fingerprint density at radius 1 is 1.70 bits per heavy atom. The van der Waals surface area contributed by atoms with Gasteiger partial charge in [0.05, 0.1) is 0 Å². The molecule has 0 heterocycles. The fraction of sp³-hybridized carbons (Fsp3) is 0.800. The van der Waals surface area contributed by atoms with Crippen LogP contribution in [0, 0.1) is 11.3 Å². The predicted molar refractivity (Wildman–Crippen MR) is 43.8 cm³/mol. The zero-order valence-electron chi connectivity index (χ0n) is 6.98. The smallest absolute Gasteiger partial charge is 0.00867 e. The molecule has 0 aromatic heterocycles. The minimum atomic E-state index is 0.697. The molecule has 0 N–H and O–H groups in total. The van der Waals surface area contributed by atoms with E-state index in [-0.39, 0.29) is 0 Å². The van der Waals surface area contributed by atoms with E-state index in [9.17, 15) is 0 Å². The molecule has 2 unspecified atom stereocenters. The van der Waals surface area contributed by atoms with E-state index in [1.807, 2.05) is 0 Å². The van der Waals surface area contributed by atoms with E-state index < -0.39 is 0 Å². The highest BCUT2D eigenvalue weighted by molar-refractivity contribution is 5.22. The Balaban J connectivity index is 2.20. The van der Waals surface area contributed by atoms with Crippen LogP contribution in [0.25, 0.3) is 0 Å². The molecule has 0 amide bonds. The largest absolute Gasteiger partial charge is 0.0791 e. The van der Waals surface area contributed by atoms with Crippen molar-refractivity contribution in [3.05, 3.63) is 11.6 Å². The number of fused-ring (bicyclic) bond motifs is 1. The molecule has 2 aliphatic carbocycles. The fourth-order valence-electron chi connectivity index (χ4n) is 2.47. The first-order valence-corrected chi connectivity index (χ1v) is 4.45. The molecule has 56 valence electrons. The molecule has 0 aromatic rings. The second-order valence-corrected chi connectivity index (χ2v) is 4.02. The van der Waals surface area contributed by atoms with E-state index in [0.29, 0.717) is 5.41 Å². The molecule has 0 aliphatic heterocycles. The highest BCUT2D eigenvalue weighted by Crippen LogP contribution is 2.61. The van der Waals surface area contributed by atoms with Crippen LogP contribution in [0.4, 0.5) is 0 Å². The lowest BCUT2D eigenvalue weighted by Crippen LogP contribution is -2.04. The van der Waals surface area contributed by atoms with Gasteiger partial charge in [-0.3, -0.25) is 0 Å². The van der Waals surface area contributed by atoms with Gasteiger partial charge in [-0.1, -0.05) is 18.6 Å². The zero-order chi connectivity index (χ0) is 7.19. The van der Waals surface area contributed by atoms with E-state index in [1.165, 1.54) is 25.7 Å². The number of allylic oxidation sites excluding steroid dienone is 2. The SMILES string of the molecule is CCC12C=C(C)CCC1C2. The van der Waals surface area contributed by atoms with Crippen molar-refractivity contribution in [3.8, 4) is 0 Å². The number of hydrogen-bond donors (Lipinski definition) is 0. The summed E-state index contributed by atoms with van der Waals surface area (Å²) >= 11 is 0.